The van der Waals surface area contributed by atoms with Crippen LogP contribution in [-0.4, -0.2) is 12.1 Å². The van der Waals surface area contributed by atoms with Crippen LogP contribution >= 0.6 is 0 Å². The molecule has 118 valence electrons. The third kappa shape index (κ3) is 4.69. The van der Waals surface area contributed by atoms with Crippen LogP contribution in [0.5, 0.6) is 0 Å². The zero-order valence-electron chi connectivity index (χ0n) is 13.8. The number of hydrogen-bond acceptors (Lipinski definition) is 2. The van der Waals surface area contributed by atoms with E-state index in [1.54, 1.807) is 0 Å². The fourth-order valence-electron chi connectivity index (χ4n) is 2.77. The molecule has 0 spiro atoms. The summed E-state index contributed by atoms with van der Waals surface area (Å²) in [5, 5.41) is 0. The van der Waals surface area contributed by atoms with Crippen molar-refractivity contribution in [3.8, 4) is 11.1 Å². The van der Waals surface area contributed by atoms with Crippen molar-refractivity contribution in [3.05, 3.63) is 59.7 Å². The molecule has 0 saturated heterocycles. The SMILES string of the molecule is CC(N)CCc1ccccc1-c1ccccc1CCC(C)N. The van der Waals surface area contributed by atoms with Crippen LogP contribution in [0.4, 0.5) is 0 Å². The molecule has 0 aliphatic rings. The van der Waals surface area contributed by atoms with Gasteiger partial charge in [-0.05, 0) is 61.8 Å². The van der Waals surface area contributed by atoms with Crippen LogP contribution in [0.2, 0.25) is 0 Å². The molecule has 0 aromatic heterocycles. The van der Waals surface area contributed by atoms with E-state index in [2.05, 4.69) is 62.4 Å². The van der Waals surface area contributed by atoms with Crippen LogP contribution in [0.3, 0.4) is 0 Å². The number of nitrogens with two attached hydrogens (primary N) is 2. The third-order valence-electron chi connectivity index (χ3n) is 4.06. The van der Waals surface area contributed by atoms with E-state index in [1.807, 2.05) is 0 Å². The van der Waals surface area contributed by atoms with Crippen molar-refractivity contribution < 1.29 is 0 Å². The van der Waals surface area contributed by atoms with E-state index in [0.717, 1.165) is 25.7 Å². The van der Waals surface area contributed by atoms with Crippen LogP contribution in [0.25, 0.3) is 11.1 Å². The fourth-order valence-corrected chi connectivity index (χ4v) is 2.77. The second kappa shape index (κ2) is 8.11. The average Bonchev–Trinajstić information content (AvgIpc) is 2.51. The monoisotopic (exact) mass is 296 g/mol. The Labute approximate surface area is 134 Å². The van der Waals surface area contributed by atoms with Gasteiger partial charge in [0, 0.05) is 12.1 Å². The number of benzene rings is 2. The van der Waals surface area contributed by atoms with Gasteiger partial charge in [-0.2, -0.15) is 0 Å². The molecule has 0 heterocycles. The third-order valence-corrected chi connectivity index (χ3v) is 4.06. The maximum atomic E-state index is 5.93. The lowest BCUT2D eigenvalue weighted by molar-refractivity contribution is 0.664. The topological polar surface area (TPSA) is 52.0 Å². The Balaban J connectivity index is 2.31. The van der Waals surface area contributed by atoms with Crippen LogP contribution in [0, 0.1) is 0 Å². The van der Waals surface area contributed by atoms with Crippen molar-refractivity contribution in [2.75, 3.05) is 0 Å². The van der Waals surface area contributed by atoms with E-state index in [4.69, 9.17) is 11.5 Å². The van der Waals surface area contributed by atoms with E-state index >= 15 is 0 Å². The summed E-state index contributed by atoms with van der Waals surface area (Å²) >= 11 is 0. The van der Waals surface area contributed by atoms with Gasteiger partial charge in [0.25, 0.3) is 0 Å². The quantitative estimate of drug-likeness (QED) is 0.814. The van der Waals surface area contributed by atoms with Gasteiger partial charge in [-0.15, -0.1) is 0 Å². The highest BCUT2D eigenvalue weighted by atomic mass is 14.6. The van der Waals surface area contributed by atoms with E-state index in [1.165, 1.54) is 22.3 Å². The summed E-state index contributed by atoms with van der Waals surface area (Å²) in [6.45, 7) is 4.14. The van der Waals surface area contributed by atoms with Gasteiger partial charge in [0.2, 0.25) is 0 Å². The van der Waals surface area contributed by atoms with E-state index in [9.17, 15) is 0 Å². The average molecular weight is 296 g/mol. The van der Waals surface area contributed by atoms with Crippen LogP contribution < -0.4 is 11.5 Å². The Morgan fingerprint density at radius 2 is 1.05 bits per heavy atom. The Hall–Kier alpha value is -1.64. The molecule has 2 nitrogen and oxygen atoms in total. The van der Waals surface area contributed by atoms with E-state index in [-0.39, 0.29) is 12.1 Å². The van der Waals surface area contributed by atoms with Crippen LogP contribution in [0.1, 0.15) is 37.8 Å². The van der Waals surface area contributed by atoms with Gasteiger partial charge in [0.15, 0.2) is 0 Å². The molecule has 0 fully saturated rings. The lowest BCUT2D eigenvalue weighted by Crippen LogP contribution is -2.16. The maximum Gasteiger partial charge on any atom is 0.00136 e. The molecule has 22 heavy (non-hydrogen) atoms. The summed E-state index contributed by atoms with van der Waals surface area (Å²) in [5.74, 6) is 0. The highest BCUT2D eigenvalue weighted by molar-refractivity contribution is 5.70. The molecule has 2 atom stereocenters. The highest BCUT2D eigenvalue weighted by Gasteiger charge is 2.10. The molecule has 0 bridgehead atoms. The molecule has 2 aromatic rings. The molecule has 0 aliphatic carbocycles. The largest absolute Gasteiger partial charge is 0.328 e. The Morgan fingerprint density at radius 3 is 1.41 bits per heavy atom. The number of aryl methyl sites for hydroxylation is 2. The second-order valence-corrected chi connectivity index (χ2v) is 6.35. The van der Waals surface area contributed by atoms with Crippen molar-refractivity contribution >= 4 is 0 Å². The molecule has 0 saturated carbocycles. The summed E-state index contributed by atoms with van der Waals surface area (Å²) in [4.78, 5) is 0. The maximum absolute atomic E-state index is 5.93. The predicted molar refractivity (Wildman–Crippen MR) is 95.8 cm³/mol. The first-order chi connectivity index (χ1) is 10.6. The first kappa shape index (κ1) is 16.7. The standard InChI is InChI=1S/C20H28N2/c1-15(21)11-13-17-7-3-5-9-19(17)20-10-6-4-8-18(20)14-12-16(2)22/h3-10,15-16H,11-14,21-22H2,1-2H3. The van der Waals surface area contributed by atoms with Crippen molar-refractivity contribution in [1.82, 2.24) is 0 Å². The molecular weight excluding hydrogens is 268 g/mol. The van der Waals surface area contributed by atoms with Gasteiger partial charge in [0.05, 0.1) is 0 Å². The molecule has 2 heteroatoms. The molecule has 4 N–H and O–H groups in total. The number of rotatable bonds is 7. The summed E-state index contributed by atoms with van der Waals surface area (Å²) in [6.07, 6.45) is 4.07. The Kier molecular flexibility index (Phi) is 6.17. The summed E-state index contributed by atoms with van der Waals surface area (Å²) in [7, 11) is 0. The predicted octanol–water partition coefficient (Wildman–Crippen LogP) is 3.91. The molecular formula is C20H28N2. The Morgan fingerprint density at radius 1 is 0.682 bits per heavy atom. The van der Waals surface area contributed by atoms with Crippen molar-refractivity contribution in [3.63, 3.8) is 0 Å². The first-order valence-corrected chi connectivity index (χ1v) is 8.25. The molecule has 2 unspecified atom stereocenters. The molecule has 0 radical (unpaired) electrons. The van der Waals surface area contributed by atoms with Crippen molar-refractivity contribution in [1.29, 1.82) is 0 Å². The van der Waals surface area contributed by atoms with Gasteiger partial charge in [0.1, 0.15) is 0 Å². The summed E-state index contributed by atoms with van der Waals surface area (Å²) in [6, 6.07) is 17.8. The van der Waals surface area contributed by atoms with E-state index in [0.29, 0.717) is 0 Å². The van der Waals surface area contributed by atoms with Gasteiger partial charge < -0.3 is 11.5 Å². The molecule has 2 rings (SSSR count). The summed E-state index contributed by atoms with van der Waals surface area (Å²) in [5.41, 5.74) is 17.3. The minimum atomic E-state index is 0.237. The van der Waals surface area contributed by atoms with Crippen molar-refractivity contribution in [2.24, 2.45) is 11.5 Å². The molecule has 0 amide bonds. The second-order valence-electron chi connectivity index (χ2n) is 6.35. The zero-order chi connectivity index (χ0) is 15.9. The van der Waals surface area contributed by atoms with Gasteiger partial charge in [-0.25, -0.2) is 0 Å². The van der Waals surface area contributed by atoms with Crippen molar-refractivity contribution in [2.45, 2.75) is 51.6 Å². The van der Waals surface area contributed by atoms with Gasteiger partial charge >= 0.3 is 0 Å². The first-order valence-electron chi connectivity index (χ1n) is 8.25. The smallest absolute Gasteiger partial charge is 0.00136 e. The van der Waals surface area contributed by atoms with Gasteiger partial charge in [-0.3, -0.25) is 0 Å². The molecule has 0 aliphatic heterocycles. The fraction of sp³-hybridized carbons (Fsp3) is 0.400. The lowest BCUT2D eigenvalue weighted by atomic mass is 9.90. The minimum Gasteiger partial charge on any atom is -0.328 e. The molecule has 2 aromatic carbocycles. The lowest BCUT2D eigenvalue weighted by Gasteiger charge is -2.15. The highest BCUT2D eigenvalue weighted by Crippen LogP contribution is 2.29. The van der Waals surface area contributed by atoms with Crippen LogP contribution in [-0.2, 0) is 12.8 Å². The Bertz CT molecular complexity index is 534. The van der Waals surface area contributed by atoms with Crippen LogP contribution in [0.15, 0.2) is 48.5 Å². The van der Waals surface area contributed by atoms with Gasteiger partial charge in [-0.1, -0.05) is 48.5 Å². The summed E-state index contributed by atoms with van der Waals surface area (Å²) < 4.78 is 0. The minimum absolute atomic E-state index is 0.237. The number of hydrogen-bond donors (Lipinski definition) is 2. The zero-order valence-corrected chi connectivity index (χ0v) is 13.8. The van der Waals surface area contributed by atoms with E-state index < -0.39 is 0 Å². The normalized spacial score (nSPS) is 13.8.